The first-order valence-electron chi connectivity index (χ1n) is 11.2. The molecule has 0 saturated heterocycles. The molecule has 11 nitrogen and oxygen atoms in total. The van der Waals surface area contributed by atoms with E-state index in [0.29, 0.717) is 6.42 Å². The lowest BCUT2D eigenvalue weighted by atomic mass is 10.1. The number of hydrogen-bond acceptors (Lipinski definition) is 11. The summed E-state index contributed by atoms with van der Waals surface area (Å²) in [6.07, 6.45) is 2.65. The zero-order valence-electron chi connectivity index (χ0n) is 20.9. The van der Waals surface area contributed by atoms with E-state index in [1.54, 1.807) is 6.92 Å². The fourth-order valence-electron chi connectivity index (χ4n) is 2.57. The van der Waals surface area contributed by atoms with Gasteiger partial charge in [0, 0.05) is 49.9 Å². The maximum absolute atomic E-state index is 11.8. The van der Waals surface area contributed by atoms with E-state index >= 15 is 0 Å². The van der Waals surface area contributed by atoms with Crippen LogP contribution in [0.15, 0.2) is 0 Å². The second kappa shape index (κ2) is 20.7. The number of esters is 1. The molecule has 2 amide bonds. The minimum absolute atomic E-state index is 0.161. The van der Waals surface area contributed by atoms with E-state index in [0.717, 1.165) is 25.0 Å². The molecule has 36 heavy (non-hydrogen) atoms. The van der Waals surface area contributed by atoms with Crippen molar-refractivity contribution in [1.29, 1.82) is 0 Å². The number of nitrogens with one attached hydrogen (secondary N) is 2. The Morgan fingerprint density at radius 1 is 0.833 bits per heavy atom. The van der Waals surface area contributed by atoms with Crippen molar-refractivity contribution in [3.05, 3.63) is 0 Å². The molecule has 4 N–H and O–H groups in total. The summed E-state index contributed by atoms with van der Waals surface area (Å²) in [5.74, 6) is -2.18. The molecule has 0 aliphatic rings. The van der Waals surface area contributed by atoms with E-state index in [9.17, 15) is 34.2 Å². The molecule has 208 valence electrons. The van der Waals surface area contributed by atoms with Gasteiger partial charge in [-0.3, -0.25) is 14.4 Å². The molecule has 0 aromatic carbocycles. The predicted molar refractivity (Wildman–Crippen MR) is 145 cm³/mol. The summed E-state index contributed by atoms with van der Waals surface area (Å²) >= 11 is 0. The number of carbonyl (C=O) groups excluding carboxylic acids is 3. The molecule has 0 aromatic heterocycles. The molecular formula is C21H36N2O9S4. The van der Waals surface area contributed by atoms with E-state index < -0.39 is 42.1 Å². The van der Waals surface area contributed by atoms with Gasteiger partial charge in [-0.1, -0.05) is 49.6 Å². The zero-order chi connectivity index (χ0) is 27.5. The zero-order valence-corrected chi connectivity index (χ0v) is 24.1. The molecule has 0 radical (unpaired) electrons. The molecule has 0 saturated carbocycles. The van der Waals surface area contributed by atoms with Crippen LogP contribution >= 0.6 is 43.2 Å². The lowest BCUT2D eigenvalue weighted by Crippen LogP contribution is -2.41. The number of amides is 2. The van der Waals surface area contributed by atoms with Crippen LogP contribution in [0, 0.1) is 0 Å². The number of methoxy groups -OCH3 is 1. The average Bonchev–Trinajstić information content (AvgIpc) is 2.78. The lowest BCUT2D eigenvalue weighted by Gasteiger charge is -2.18. The Morgan fingerprint density at radius 3 is 1.89 bits per heavy atom. The Kier molecular flexibility index (Phi) is 20.0. The molecule has 0 fully saturated rings. The van der Waals surface area contributed by atoms with Crippen LogP contribution in [-0.2, 0) is 33.4 Å². The number of unbranched alkanes of at least 4 members (excludes halogenated alkanes) is 1. The van der Waals surface area contributed by atoms with Crippen LogP contribution in [0.2, 0.25) is 0 Å². The Morgan fingerprint density at radius 2 is 1.39 bits per heavy atom. The molecule has 0 rings (SSSR count). The molecule has 15 heteroatoms. The second-order valence-corrected chi connectivity index (χ2v) is 13.0. The number of aliphatic carboxylic acids is 2. The third-order valence-electron chi connectivity index (χ3n) is 4.42. The van der Waals surface area contributed by atoms with Gasteiger partial charge in [-0.15, -0.1) is 0 Å². The van der Waals surface area contributed by atoms with Crippen LogP contribution in [-0.4, -0.2) is 87.9 Å². The van der Waals surface area contributed by atoms with E-state index in [2.05, 4.69) is 10.6 Å². The predicted octanol–water partition coefficient (Wildman–Crippen LogP) is 2.78. The van der Waals surface area contributed by atoms with Crippen LogP contribution in [0.4, 0.5) is 0 Å². The van der Waals surface area contributed by atoms with Crippen LogP contribution in [0.1, 0.15) is 52.9 Å². The number of hydrogen-bond donors (Lipinski definition) is 4. The first-order valence-corrected chi connectivity index (χ1v) is 16.1. The molecule has 0 spiro atoms. The first-order chi connectivity index (χ1) is 17.0. The third kappa shape index (κ3) is 18.9. The maximum atomic E-state index is 11.8. The van der Waals surface area contributed by atoms with Crippen LogP contribution in [0.25, 0.3) is 0 Å². The Labute approximate surface area is 227 Å². The summed E-state index contributed by atoms with van der Waals surface area (Å²) in [4.78, 5) is 56.7. The second-order valence-electron chi connectivity index (χ2n) is 7.62. The van der Waals surface area contributed by atoms with Gasteiger partial charge >= 0.3 is 17.9 Å². The fourth-order valence-corrected chi connectivity index (χ4v) is 7.93. The summed E-state index contributed by atoms with van der Waals surface area (Å²) in [6, 6.07) is -1.94. The fraction of sp³-hybridized carbons (Fsp3) is 0.762. The van der Waals surface area contributed by atoms with Gasteiger partial charge in [0.05, 0.1) is 0 Å². The third-order valence-corrected chi connectivity index (χ3v) is 9.85. The minimum atomic E-state index is -1.10. The number of rotatable bonds is 21. The average molecular weight is 589 g/mol. The van der Waals surface area contributed by atoms with Crippen LogP contribution < -0.4 is 10.6 Å². The van der Waals surface area contributed by atoms with Crippen molar-refractivity contribution < 1.29 is 43.7 Å². The maximum Gasteiger partial charge on any atom is 0.327 e. The molecule has 0 heterocycles. The Balaban J connectivity index is 4.64. The highest BCUT2D eigenvalue weighted by atomic mass is 33.1. The summed E-state index contributed by atoms with van der Waals surface area (Å²) < 4.78 is 9.97. The Hall–Kier alpha value is -1.29. The van der Waals surface area contributed by atoms with Crippen molar-refractivity contribution in [3.63, 3.8) is 0 Å². The van der Waals surface area contributed by atoms with Crippen molar-refractivity contribution in [3.8, 4) is 0 Å². The Bertz CT molecular complexity index is 715. The summed E-state index contributed by atoms with van der Waals surface area (Å²) in [5, 5.41) is 23.4. The molecule has 0 bridgehead atoms. The highest BCUT2D eigenvalue weighted by Gasteiger charge is 2.21. The molecule has 4 unspecified atom stereocenters. The molecular weight excluding hydrogens is 553 g/mol. The number of carboxylic acid groups (broad SMARTS) is 2. The van der Waals surface area contributed by atoms with E-state index in [4.69, 9.17) is 9.47 Å². The normalized spacial score (nSPS) is 14.2. The van der Waals surface area contributed by atoms with Gasteiger partial charge in [-0.2, -0.15) is 0 Å². The lowest BCUT2D eigenvalue weighted by molar-refractivity contribution is -0.169. The standard InChI is InChI=1S/C21H36N2O9S4/c1-13(24)22-17(20(27)28)11-34-33-10-9-16(7-5-6-8-19(26)32-15(3)31-4)36-35-12-18(21(29)30)23-14(2)25/h15-18H,5-12H2,1-4H3,(H,22,24)(H,23,25)(H,27,28)(H,29,30). The van der Waals surface area contributed by atoms with Crippen molar-refractivity contribution in [2.24, 2.45) is 0 Å². The smallest absolute Gasteiger partial charge is 0.327 e. The monoisotopic (exact) mass is 588 g/mol. The van der Waals surface area contributed by atoms with E-state index in [1.165, 1.54) is 64.1 Å². The first kappa shape index (κ1) is 34.7. The van der Waals surface area contributed by atoms with E-state index in [1.807, 2.05) is 0 Å². The van der Waals surface area contributed by atoms with Crippen molar-refractivity contribution >= 4 is 72.9 Å². The van der Waals surface area contributed by atoms with Crippen molar-refractivity contribution in [2.45, 2.75) is 76.5 Å². The summed E-state index contributed by atoms with van der Waals surface area (Å²) in [5.41, 5.74) is 0. The van der Waals surface area contributed by atoms with Gasteiger partial charge in [-0.05, 0) is 26.2 Å². The van der Waals surface area contributed by atoms with Crippen LogP contribution in [0.3, 0.4) is 0 Å². The van der Waals surface area contributed by atoms with E-state index in [-0.39, 0.29) is 29.1 Å². The highest BCUT2D eigenvalue weighted by Crippen LogP contribution is 2.35. The number of carboxylic acids is 2. The molecule has 0 aliphatic heterocycles. The van der Waals surface area contributed by atoms with Gasteiger partial charge in [0.1, 0.15) is 12.1 Å². The van der Waals surface area contributed by atoms with Gasteiger partial charge in [0.15, 0.2) is 6.29 Å². The van der Waals surface area contributed by atoms with Gasteiger partial charge in [0.25, 0.3) is 0 Å². The van der Waals surface area contributed by atoms with Gasteiger partial charge < -0.3 is 30.3 Å². The van der Waals surface area contributed by atoms with Crippen molar-refractivity contribution in [1.82, 2.24) is 10.6 Å². The van der Waals surface area contributed by atoms with Gasteiger partial charge in [-0.25, -0.2) is 9.59 Å². The molecule has 0 aromatic rings. The van der Waals surface area contributed by atoms with Gasteiger partial charge in [0.2, 0.25) is 11.8 Å². The summed E-state index contributed by atoms with van der Waals surface area (Å²) in [7, 11) is 7.22. The summed E-state index contributed by atoms with van der Waals surface area (Å²) in [6.45, 7) is 4.17. The SMILES string of the molecule is COC(C)OC(=O)CCCCC(CCSSCC(NC(C)=O)C(=O)O)SSCC(NC(C)=O)C(=O)O. The number of ether oxygens (including phenoxy) is 2. The molecule has 0 aliphatic carbocycles. The quantitative estimate of drug-likeness (QED) is 0.0669. The van der Waals surface area contributed by atoms with Crippen LogP contribution in [0.5, 0.6) is 0 Å². The topological polar surface area (TPSA) is 168 Å². The molecule has 4 atom stereocenters. The highest BCUT2D eigenvalue weighted by molar-refractivity contribution is 8.77. The number of carbonyl (C=O) groups is 5. The largest absolute Gasteiger partial charge is 0.480 e. The minimum Gasteiger partial charge on any atom is -0.480 e. The van der Waals surface area contributed by atoms with Crippen molar-refractivity contribution in [2.75, 3.05) is 24.4 Å².